The van der Waals surface area contributed by atoms with Gasteiger partial charge in [-0.15, -0.1) is 0 Å². The van der Waals surface area contributed by atoms with Gasteiger partial charge in [0.15, 0.2) is 0 Å². The Labute approximate surface area is 118 Å². The van der Waals surface area contributed by atoms with E-state index in [-0.39, 0.29) is 17.7 Å². The number of amides is 1. The molecule has 1 N–H and O–H groups in total. The van der Waals surface area contributed by atoms with E-state index in [1.54, 1.807) is 17.0 Å². The number of carbonyl (C=O) groups is 1. The number of nitrogens with zero attached hydrogens (tertiary/aromatic N) is 1. The first-order valence-corrected chi connectivity index (χ1v) is 7.07. The van der Waals surface area contributed by atoms with Crippen molar-refractivity contribution in [3.05, 3.63) is 42.0 Å². The predicted octanol–water partition coefficient (Wildman–Crippen LogP) is 3.42. The molecule has 104 valence electrons. The smallest absolute Gasteiger partial charge is 0.257 e. The van der Waals surface area contributed by atoms with Crippen molar-refractivity contribution in [3.8, 4) is 5.75 Å². The molecule has 0 spiro atoms. The Morgan fingerprint density at radius 1 is 1.25 bits per heavy atom. The van der Waals surface area contributed by atoms with E-state index in [1.165, 1.54) is 12.8 Å². The molecule has 3 heteroatoms. The van der Waals surface area contributed by atoms with E-state index in [2.05, 4.69) is 6.92 Å². The van der Waals surface area contributed by atoms with E-state index in [4.69, 9.17) is 0 Å². The van der Waals surface area contributed by atoms with Crippen LogP contribution in [0.2, 0.25) is 0 Å². The van der Waals surface area contributed by atoms with Gasteiger partial charge < -0.3 is 10.0 Å². The van der Waals surface area contributed by atoms with Gasteiger partial charge in [0.25, 0.3) is 5.91 Å². The van der Waals surface area contributed by atoms with Gasteiger partial charge in [-0.25, -0.2) is 0 Å². The van der Waals surface area contributed by atoms with Gasteiger partial charge in [-0.3, -0.25) is 4.79 Å². The summed E-state index contributed by atoms with van der Waals surface area (Å²) < 4.78 is 0. The highest BCUT2D eigenvalue weighted by Crippen LogP contribution is 2.35. The van der Waals surface area contributed by atoms with Crippen LogP contribution in [0, 0.1) is 5.92 Å². The lowest BCUT2D eigenvalue weighted by molar-refractivity contribution is 0.0724. The van der Waals surface area contributed by atoms with Crippen LogP contribution in [0.4, 0.5) is 0 Å². The number of hydrogen-bond acceptors (Lipinski definition) is 2. The predicted molar refractivity (Wildman–Crippen MR) is 79.9 cm³/mol. The van der Waals surface area contributed by atoms with Crippen LogP contribution in [-0.2, 0) is 0 Å². The highest BCUT2D eigenvalue weighted by molar-refractivity contribution is 6.01. The van der Waals surface area contributed by atoms with Crippen molar-refractivity contribution in [3.63, 3.8) is 0 Å². The number of phenols is 1. The summed E-state index contributed by atoms with van der Waals surface area (Å²) in [6.45, 7) is 2.08. The minimum absolute atomic E-state index is 0.0588. The maximum absolute atomic E-state index is 12.5. The molecule has 2 aromatic rings. The maximum Gasteiger partial charge on any atom is 0.257 e. The third-order valence-corrected chi connectivity index (χ3v) is 4.33. The van der Waals surface area contributed by atoms with Crippen LogP contribution in [0.15, 0.2) is 36.4 Å². The molecule has 3 nitrogen and oxygen atoms in total. The standard InChI is InChI=1S/C17H19NO2/c1-11(12-7-8-12)18(2)17(20)15-9-13-5-3-4-6-14(13)10-16(15)19/h3-6,9-12,19H,7-8H2,1-2H3. The number of carbonyl (C=O) groups excluding carboxylic acids is 1. The average Bonchev–Trinajstić information content (AvgIpc) is 3.28. The fourth-order valence-electron chi connectivity index (χ4n) is 2.67. The molecule has 1 amide bonds. The molecule has 1 unspecified atom stereocenters. The van der Waals surface area contributed by atoms with Crippen LogP contribution in [0.1, 0.15) is 30.1 Å². The van der Waals surface area contributed by atoms with Crippen molar-refractivity contribution in [2.24, 2.45) is 5.92 Å². The molecule has 0 bridgehead atoms. The SMILES string of the molecule is CC(C1CC1)N(C)C(=O)c1cc2ccccc2cc1O. The fourth-order valence-corrected chi connectivity index (χ4v) is 2.67. The number of phenolic OH excluding ortho intramolecular Hbond substituents is 1. The second-order valence-corrected chi connectivity index (χ2v) is 5.71. The largest absolute Gasteiger partial charge is 0.507 e. The van der Waals surface area contributed by atoms with Crippen molar-refractivity contribution < 1.29 is 9.90 Å². The van der Waals surface area contributed by atoms with Crippen LogP contribution in [-0.4, -0.2) is 29.0 Å². The van der Waals surface area contributed by atoms with E-state index in [0.29, 0.717) is 11.5 Å². The summed E-state index contributed by atoms with van der Waals surface area (Å²) in [6.07, 6.45) is 2.39. The summed E-state index contributed by atoms with van der Waals surface area (Å²) >= 11 is 0. The van der Waals surface area contributed by atoms with E-state index in [1.807, 2.05) is 31.3 Å². The Balaban J connectivity index is 1.96. The summed E-state index contributed by atoms with van der Waals surface area (Å²) in [5, 5.41) is 12.0. The molecular weight excluding hydrogens is 250 g/mol. The minimum atomic E-state index is -0.104. The third kappa shape index (κ3) is 2.24. The summed E-state index contributed by atoms with van der Waals surface area (Å²) in [7, 11) is 1.82. The summed E-state index contributed by atoms with van der Waals surface area (Å²) in [5.74, 6) is 0.572. The summed E-state index contributed by atoms with van der Waals surface area (Å²) in [5.41, 5.74) is 0.388. The molecule has 1 aliphatic rings. The maximum atomic E-state index is 12.5. The van der Waals surface area contributed by atoms with E-state index in [9.17, 15) is 9.90 Å². The quantitative estimate of drug-likeness (QED) is 0.927. The second-order valence-electron chi connectivity index (χ2n) is 5.71. The van der Waals surface area contributed by atoms with E-state index >= 15 is 0 Å². The van der Waals surface area contributed by atoms with Gasteiger partial charge in [0.05, 0.1) is 5.56 Å². The molecule has 1 aliphatic carbocycles. The summed E-state index contributed by atoms with van der Waals surface area (Å²) in [4.78, 5) is 14.3. The Bertz CT molecular complexity index is 661. The van der Waals surface area contributed by atoms with Crippen LogP contribution in [0.25, 0.3) is 10.8 Å². The topological polar surface area (TPSA) is 40.5 Å². The van der Waals surface area contributed by atoms with Gasteiger partial charge >= 0.3 is 0 Å². The third-order valence-electron chi connectivity index (χ3n) is 4.33. The Kier molecular flexibility index (Phi) is 3.13. The monoisotopic (exact) mass is 269 g/mol. The zero-order valence-electron chi connectivity index (χ0n) is 11.8. The van der Waals surface area contributed by atoms with Crippen molar-refractivity contribution in [2.45, 2.75) is 25.8 Å². The minimum Gasteiger partial charge on any atom is -0.507 e. The Hall–Kier alpha value is -2.03. The van der Waals surface area contributed by atoms with E-state index in [0.717, 1.165) is 10.8 Å². The number of fused-ring (bicyclic) bond motifs is 1. The molecule has 0 radical (unpaired) electrons. The molecule has 0 saturated heterocycles. The molecule has 20 heavy (non-hydrogen) atoms. The molecule has 0 heterocycles. The number of rotatable bonds is 3. The lowest BCUT2D eigenvalue weighted by Crippen LogP contribution is -2.36. The average molecular weight is 269 g/mol. The zero-order valence-corrected chi connectivity index (χ0v) is 11.8. The fraction of sp³-hybridized carbons (Fsp3) is 0.353. The second kappa shape index (κ2) is 4.82. The van der Waals surface area contributed by atoms with Crippen LogP contribution in [0.5, 0.6) is 5.75 Å². The molecule has 1 atom stereocenters. The van der Waals surface area contributed by atoms with Gasteiger partial charge in [0, 0.05) is 13.1 Å². The van der Waals surface area contributed by atoms with Crippen LogP contribution >= 0.6 is 0 Å². The first-order valence-electron chi connectivity index (χ1n) is 7.07. The van der Waals surface area contributed by atoms with Gasteiger partial charge in [0.1, 0.15) is 5.75 Å². The van der Waals surface area contributed by atoms with Crippen molar-refractivity contribution in [2.75, 3.05) is 7.05 Å². The number of hydrogen-bond donors (Lipinski definition) is 1. The molecular formula is C17H19NO2. The normalized spacial score (nSPS) is 16.1. The van der Waals surface area contributed by atoms with Crippen molar-refractivity contribution in [1.82, 2.24) is 4.90 Å². The zero-order chi connectivity index (χ0) is 14.3. The molecule has 0 aromatic heterocycles. The lowest BCUT2D eigenvalue weighted by atomic mass is 10.0. The highest BCUT2D eigenvalue weighted by Gasteiger charge is 2.33. The summed E-state index contributed by atoms with van der Waals surface area (Å²) in [6, 6.07) is 11.4. The molecule has 3 rings (SSSR count). The Morgan fingerprint density at radius 2 is 1.85 bits per heavy atom. The highest BCUT2D eigenvalue weighted by atomic mass is 16.3. The molecule has 0 aliphatic heterocycles. The van der Waals surface area contributed by atoms with Crippen molar-refractivity contribution >= 4 is 16.7 Å². The van der Waals surface area contributed by atoms with Gasteiger partial charge in [-0.2, -0.15) is 0 Å². The van der Waals surface area contributed by atoms with Crippen LogP contribution in [0.3, 0.4) is 0 Å². The van der Waals surface area contributed by atoms with Crippen molar-refractivity contribution in [1.29, 1.82) is 0 Å². The Morgan fingerprint density at radius 3 is 2.45 bits per heavy atom. The first kappa shape index (κ1) is 13.0. The van der Waals surface area contributed by atoms with E-state index < -0.39 is 0 Å². The van der Waals surface area contributed by atoms with Crippen LogP contribution < -0.4 is 0 Å². The van der Waals surface area contributed by atoms with Gasteiger partial charge in [-0.05, 0) is 48.6 Å². The van der Waals surface area contributed by atoms with Gasteiger partial charge in [-0.1, -0.05) is 24.3 Å². The molecule has 1 saturated carbocycles. The number of benzene rings is 2. The first-order chi connectivity index (χ1) is 9.58. The molecule has 2 aromatic carbocycles. The molecule has 1 fully saturated rings. The number of aromatic hydroxyl groups is 1. The lowest BCUT2D eigenvalue weighted by Gasteiger charge is -2.25. The van der Waals surface area contributed by atoms with Gasteiger partial charge in [0.2, 0.25) is 0 Å².